The molecular formula is C22H22N4O3. The van der Waals surface area contributed by atoms with Gasteiger partial charge in [-0.25, -0.2) is 4.98 Å². The first kappa shape index (κ1) is 17.7. The number of hydrogen-bond acceptors (Lipinski definition) is 5. The number of benzene rings is 1. The molecule has 7 nitrogen and oxygen atoms in total. The lowest BCUT2D eigenvalue weighted by atomic mass is 9.97. The Morgan fingerprint density at radius 2 is 2.03 bits per heavy atom. The van der Waals surface area contributed by atoms with Gasteiger partial charge in [-0.3, -0.25) is 14.8 Å². The molecule has 1 atom stereocenters. The van der Waals surface area contributed by atoms with Crippen molar-refractivity contribution in [3.8, 4) is 22.6 Å². The monoisotopic (exact) mass is 390 g/mol. The van der Waals surface area contributed by atoms with Gasteiger partial charge in [-0.1, -0.05) is 6.07 Å². The van der Waals surface area contributed by atoms with Crippen LogP contribution in [-0.2, 0) is 11.2 Å². The third-order valence-electron chi connectivity index (χ3n) is 5.56. The molecule has 1 saturated heterocycles. The molecule has 1 amide bonds. The number of aryl methyl sites for hydroxylation is 1. The summed E-state index contributed by atoms with van der Waals surface area (Å²) in [4.78, 5) is 19.5. The molecule has 7 heteroatoms. The second-order valence-electron chi connectivity index (χ2n) is 7.45. The largest absolute Gasteiger partial charge is 0.486 e. The van der Waals surface area contributed by atoms with Crippen LogP contribution in [0.1, 0.15) is 17.7 Å². The lowest BCUT2D eigenvalue weighted by Gasteiger charge is -2.20. The molecule has 2 aliphatic rings. The quantitative estimate of drug-likeness (QED) is 0.740. The molecule has 3 aromatic rings. The zero-order valence-electron chi connectivity index (χ0n) is 16.2. The van der Waals surface area contributed by atoms with Crippen molar-refractivity contribution < 1.29 is 14.3 Å². The first-order valence-corrected chi connectivity index (χ1v) is 9.86. The highest BCUT2D eigenvalue weighted by Gasteiger charge is 2.33. The summed E-state index contributed by atoms with van der Waals surface area (Å²) in [6.45, 7) is 3.78. The molecule has 29 heavy (non-hydrogen) atoms. The SMILES string of the molecule is Cc1nc(N2CCC(Cc3ccc4c(c3)OCCO4)C2=O)ccc1-c1cn[nH]c1. The van der Waals surface area contributed by atoms with Gasteiger partial charge < -0.3 is 9.47 Å². The zero-order chi connectivity index (χ0) is 19.8. The fraction of sp³-hybridized carbons (Fsp3) is 0.318. The summed E-state index contributed by atoms with van der Waals surface area (Å²) in [7, 11) is 0. The standard InChI is InChI=1S/C22H22N4O3/c1-14-18(17-12-23-24-13-17)3-5-21(25-14)26-7-6-16(22(26)27)10-15-2-4-19-20(11-15)29-9-8-28-19/h2-5,11-13,16H,6-10H2,1H3,(H,23,24). The van der Waals surface area contributed by atoms with Crippen LogP contribution in [0.4, 0.5) is 5.82 Å². The maximum absolute atomic E-state index is 13.0. The van der Waals surface area contributed by atoms with E-state index >= 15 is 0 Å². The lowest BCUT2D eigenvalue weighted by molar-refractivity contribution is -0.120. The van der Waals surface area contributed by atoms with E-state index in [4.69, 9.17) is 9.47 Å². The van der Waals surface area contributed by atoms with Gasteiger partial charge in [-0.2, -0.15) is 5.10 Å². The number of aromatic nitrogens is 3. The van der Waals surface area contributed by atoms with Crippen molar-refractivity contribution in [2.75, 3.05) is 24.7 Å². The van der Waals surface area contributed by atoms with E-state index in [0.717, 1.165) is 40.3 Å². The predicted octanol–water partition coefficient (Wildman–Crippen LogP) is 3.15. The summed E-state index contributed by atoms with van der Waals surface area (Å²) < 4.78 is 11.2. The van der Waals surface area contributed by atoms with E-state index in [0.29, 0.717) is 32.0 Å². The highest BCUT2D eigenvalue weighted by atomic mass is 16.6. The number of H-pyrrole nitrogens is 1. The topological polar surface area (TPSA) is 80.3 Å². The maximum atomic E-state index is 13.0. The van der Waals surface area contributed by atoms with Crippen LogP contribution in [0, 0.1) is 12.8 Å². The molecule has 0 aliphatic carbocycles. The van der Waals surface area contributed by atoms with E-state index < -0.39 is 0 Å². The molecular weight excluding hydrogens is 368 g/mol. The zero-order valence-corrected chi connectivity index (χ0v) is 16.2. The fourth-order valence-electron chi connectivity index (χ4n) is 4.06. The Hall–Kier alpha value is -3.35. The smallest absolute Gasteiger partial charge is 0.231 e. The molecule has 0 saturated carbocycles. The molecule has 5 rings (SSSR count). The van der Waals surface area contributed by atoms with Gasteiger partial charge in [0.05, 0.1) is 6.20 Å². The average Bonchev–Trinajstić information content (AvgIpc) is 3.39. The number of carbonyl (C=O) groups excluding carboxylic acids is 1. The van der Waals surface area contributed by atoms with E-state index in [-0.39, 0.29) is 11.8 Å². The Balaban J connectivity index is 1.32. The van der Waals surface area contributed by atoms with Crippen molar-refractivity contribution in [2.45, 2.75) is 19.8 Å². The molecule has 2 aliphatic heterocycles. The van der Waals surface area contributed by atoms with E-state index in [1.165, 1.54) is 0 Å². The molecule has 1 aromatic carbocycles. The molecule has 0 spiro atoms. The number of carbonyl (C=O) groups is 1. The second-order valence-corrected chi connectivity index (χ2v) is 7.45. The van der Waals surface area contributed by atoms with Crippen molar-refractivity contribution in [3.63, 3.8) is 0 Å². The minimum Gasteiger partial charge on any atom is -0.486 e. The average molecular weight is 390 g/mol. The van der Waals surface area contributed by atoms with Crippen LogP contribution in [-0.4, -0.2) is 40.8 Å². The Morgan fingerprint density at radius 3 is 2.83 bits per heavy atom. The van der Waals surface area contributed by atoms with Crippen LogP contribution < -0.4 is 14.4 Å². The van der Waals surface area contributed by atoms with Crippen molar-refractivity contribution >= 4 is 11.7 Å². The third-order valence-corrected chi connectivity index (χ3v) is 5.56. The van der Waals surface area contributed by atoms with Gasteiger partial charge in [0.2, 0.25) is 5.91 Å². The Labute approximate surface area is 168 Å². The number of rotatable bonds is 4. The first-order valence-electron chi connectivity index (χ1n) is 9.86. The highest BCUT2D eigenvalue weighted by molar-refractivity contribution is 5.96. The van der Waals surface area contributed by atoms with Gasteiger partial charge in [0.25, 0.3) is 0 Å². The Kier molecular flexibility index (Phi) is 4.42. The highest BCUT2D eigenvalue weighted by Crippen LogP contribution is 2.34. The van der Waals surface area contributed by atoms with Crippen LogP contribution >= 0.6 is 0 Å². The summed E-state index contributed by atoms with van der Waals surface area (Å²) in [5.41, 5.74) is 3.98. The third kappa shape index (κ3) is 3.33. The summed E-state index contributed by atoms with van der Waals surface area (Å²) >= 11 is 0. The number of amides is 1. The van der Waals surface area contributed by atoms with E-state index in [1.807, 2.05) is 43.5 Å². The fourth-order valence-corrected chi connectivity index (χ4v) is 4.06. The molecule has 148 valence electrons. The van der Waals surface area contributed by atoms with Gasteiger partial charge in [0.15, 0.2) is 11.5 Å². The molecule has 1 fully saturated rings. The molecule has 0 bridgehead atoms. The van der Waals surface area contributed by atoms with Gasteiger partial charge >= 0.3 is 0 Å². The van der Waals surface area contributed by atoms with Crippen LogP contribution in [0.3, 0.4) is 0 Å². The minimum atomic E-state index is -0.0479. The summed E-state index contributed by atoms with van der Waals surface area (Å²) in [6.07, 6.45) is 5.12. The van der Waals surface area contributed by atoms with Crippen LogP contribution in [0.5, 0.6) is 11.5 Å². The second kappa shape index (κ2) is 7.24. The van der Waals surface area contributed by atoms with Gasteiger partial charge in [-0.05, 0) is 49.6 Å². The Bertz CT molecular complexity index is 1050. The van der Waals surface area contributed by atoms with Crippen molar-refractivity contribution in [1.82, 2.24) is 15.2 Å². The van der Waals surface area contributed by atoms with E-state index in [9.17, 15) is 4.79 Å². The molecule has 1 unspecified atom stereocenters. The predicted molar refractivity (Wildman–Crippen MR) is 108 cm³/mol. The molecule has 0 radical (unpaired) electrons. The number of pyridine rings is 1. The number of hydrogen-bond donors (Lipinski definition) is 1. The number of anilines is 1. The number of nitrogens with one attached hydrogen (secondary N) is 1. The maximum Gasteiger partial charge on any atom is 0.231 e. The molecule has 1 N–H and O–H groups in total. The van der Waals surface area contributed by atoms with Gasteiger partial charge in [0, 0.05) is 35.5 Å². The normalized spacial score (nSPS) is 18.3. The van der Waals surface area contributed by atoms with Crippen LogP contribution in [0.15, 0.2) is 42.7 Å². The van der Waals surface area contributed by atoms with Crippen LogP contribution in [0.25, 0.3) is 11.1 Å². The van der Waals surface area contributed by atoms with Crippen molar-refractivity contribution in [3.05, 3.63) is 54.0 Å². The minimum absolute atomic E-state index is 0.0479. The van der Waals surface area contributed by atoms with E-state index in [1.54, 1.807) is 11.1 Å². The van der Waals surface area contributed by atoms with Gasteiger partial charge in [-0.15, -0.1) is 0 Å². The number of nitrogens with zero attached hydrogens (tertiary/aromatic N) is 3. The van der Waals surface area contributed by atoms with Crippen molar-refractivity contribution in [2.24, 2.45) is 5.92 Å². The lowest BCUT2D eigenvalue weighted by Crippen LogP contribution is -2.28. The Morgan fingerprint density at radius 1 is 1.17 bits per heavy atom. The number of aromatic amines is 1. The van der Waals surface area contributed by atoms with E-state index in [2.05, 4.69) is 15.2 Å². The van der Waals surface area contributed by atoms with Crippen molar-refractivity contribution in [1.29, 1.82) is 0 Å². The number of fused-ring (bicyclic) bond motifs is 1. The van der Waals surface area contributed by atoms with Gasteiger partial charge in [0.1, 0.15) is 19.0 Å². The van der Waals surface area contributed by atoms with Crippen LogP contribution in [0.2, 0.25) is 0 Å². The first-order chi connectivity index (χ1) is 14.2. The molecule has 2 aromatic heterocycles. The summed E-state index contributed by atoms with van der Waals surface area (Å²) in [5.74, 6) is 2.33. The summed E-state index contributed by atoms with van der Waals surface area (Å²) in [6, 6.07) is 9.86. The number of ether oxygens (including phenoxy) is 2. The molecule has 4 heterocycles. The summed E-state index contributed by atoms with van der Waals surface area (Å²) in [5, 5.41) is 6.82.